The minimum Gasteiger partial charge on any atom is -0.314 e. The molecule has 0 saturated heterocycles. The summed E-state index contributed by atoms with van der Waals surface area (Å²) in [7, 11) is 0. The summed E-state index contributed by atoms with van der Waals surface area (Å²) >= 11 is 0. The van der Waals surface area contributed by atoms with Gasteiger partial charge in [0.05, 0.1) is 0 Å². The Morgan fingerprint density at radius 2 is 2.36 bits per heavy atom. The molecule has 0 bridgehead atoms. The molecule has 1 heterocycles. The summed E-state index contributed by atoms with van der Waals surface area (Å²) in [5.74, 6) is 0. The zero-order valence-corrected chi connectivity index (χ0v) is 5.91. The van der Waals surface area contributed by atoms with E-state index >= 15 is 0 Å². The van der Waals surface area contributed by atoms with Gasteiger partial charge in [-0.05, 0) is 0 Å². The highest BCUT2D eigenvalue weighted by Crippen LogP contribution is 1.70. The average molecular weight is 152 g/mol. The molecule has 0 spiro atoms. The second-order valence-corrected chi connectivity index (χ2v) is 2.02. The fourth-order valence-electron chi connectivity index (χ4n) is 0.754. The third-order valence-electron chi connectivity index (χ3n) is 1.26. The summed E-state index contributed by atoms with van der Waals surface area (Å²) in [6.45, 7) is 3.67. The molecule has 0 aliphatic rings. The third-order valence-corrected chi connectivity index (χ3v) is 1.26. The van der Waals surface area contributed by atoms with Gasteiger partial charge >= 0.3 is 5.69 Å². The highest BCUT2D eigenvalue weighted by molar-refractivity contribution is 4.84. The van der Waals surface area contributed by atoms with Crippen LogP contribution in [0.4, 0.5) is 0 Å². The first kappa shape index (κ1) is 7.53. The molecule has 1 aromatic heterocycles. The second-order valence-electron chi connectivity index (χ2n) is 2.02. The molecule has 58 valence electrons. The largest absolute Gasteiger partial charge is 0.328 e. The molecule has 0 atom stereocenters. The molecule has 0 saturated carbocycles. The van der Waals surface area contributed by atoms with Crippen LogP contribution in [0.1, 0.15) is 0 Å². The van der Waals surface area contributed by atoms with E-state index < -0.39 is 5.69 Å². The smallest absolute Gasteiger partial charge is 0.314 e. The van der Waals surface area contributed by atoms with Gasteiger partial charge in [0, 0.05) is 18.8 Å². The van der Waals surface area contributed by atoms with E-state index in [2.05, 4.69) is 11.6 Å². The van der Waals surface area contributed by atoms with Gasteiger partial charge in [0.25, 0.3) is 5.56 Å². The number of rotatable bonds is 2. The first-order valence-electron chi connectivity index (χ1n) is 3.15. The minimum atomic E-state index is -0.405. The van der Waals surface area contributed by atoms with Crippen molar-refractivity contribution in [3.63, 3.8) is 0 Å². The number of hydrogen-bond donors (Lipinski definition) is 1. The summed E-state index contributed by atoms with van der Waals surface area (Å²) in [6.07, 6.45) is 2.82. The van der Waals surface area contributed by atoms with Gasteiger partial charge in [-0.1, -0.05) is 6.08 Å². The molecule has 1 aromatic rings. The Bertz CT molecular complexity index is 333. The van der Waals surface area contributed by atoms with Gasteiger partial charge in [0.15, 0.2) is 0 Å². The fourth-order valence-corrected chi connectivity index (χ4v) is 0.754. The van der Waals surface area contributed by atoms with E-state index in [0.717, 1.165) is 4.57 Å². The molecule has 0 fully saturated rings. The van der Waals surface area contributed by atoms with Crippen molar-refractivity contribution in [2.45, 2.75) is 6.54 Å². The molecule has 0 aromatic carbocycles. The van der Waals surface area contributed by atoms with Gasteiger partial charge < -0.3 is 4.98 Å². The summed E-state index contributed by atoms with van der Waals surface area (Å²) in [5, 5.41) is 0. The van der Waals surface area contributed by atoms with Gasteiger partial charge in [-0.2, -0.15) is 0 Å². The first-order chi connectivity index (χ1) is 5.25. The Morgan fingerprint density at radius 3 is 2.91 bits per heavy atom. The number of aromatic nitrogens is 2. The van der Waals surface area contributed by atoms with Crippen LogP contribution in [-0.4, -0.2) is 9.55 Å². The zero-order chi connectivity index (χ0) is 8.27. The van der Waals surface area contributed by atoms with Gasteiger partial charge in [0.2, 0.25) is 0 Å². The van der Waals surface area contributed by atoms with Crippen LogP contribution in [0.3, 0.4) is 0 Å². The molecule has 0 unspecified atom stereocenters. The van der Waals surface area contributed by atoms with Crippen LogP contribution in [-0.2, 0) is 6.54 Å². The van der Waals surface area contributed by atoms with Crippen molar-refractivity contribution in [3.8, 4) is 0 Å². The van der Waals surface area contributed by atoms with E-state index in [1.807, 2.05) is 0 Å². The number of H-pyrrole nitrogens is 1. The van der Waals surface area contributed by atoms with Crippen LogP contribution in [0, 0.1) is 0 Å². The van der Waals surface area contributed by atoms with Gasteiger partial charge in [-0.3, -0.25) is 9.36 Å². The van der Waals surface area contributed by atoms with E-state index in [1.165, 1.54) is 18.3 Å². The van der Waals surface area contributed by atoms with E-state index in [-0.39, 0.29) is 12.1 Å². The van der Waals surface area contributed by atoms with Crippen molar-refractivity contribution in [3.05, 3.63) is 45.8 Å². The average Bonchev–Trinajstić information content (AvgIpc) is 1.97. The lowest BCUT2D eigenvalue weighted by molar-refractivity contribution is 0.714. The second kappa shape index (κ2) is 3.01. The number of aromatic amines is 1. The number of nitrogens with one attached hydrogen (secondary N) is 1. The van der Waals surface area contributed by atoms with Crippen molar-refractivity contribution in [2.24, 2.45) is 0 Å². The van der Waals surface area contributed by atoms with Crippen molar-refractivity contribution < 1.29 is 0 Å². The standard InChI is InChI=1S/C7H8N2O2/c1-2-5-9-6(10)3-4-8-7(9)11/h2-4H,1,5H2,(H,8,11). The van der Waals surface area contributed by atoms with Crippen LogP contribution in [0.2, 0.25) is 0 Å². The highest BCUT2D eigenvalue weighted by atomic mass is 16.2. The molecular weight excluding hydrogens is 144 g/mol. The molecule has 4 heteroatoms. The maximum atomic E-state index is 10.9. The quantitative estimate of drug-likeness (QED) is 0.593. The molecule has 1 rings (SSSR count). The predicted molar refractivity (Wildman–Crippen MR) is 41.5 cm³/mol. The molecule has 1 N–H and O–H groups in total. The lowest BCUT2D eigenvalue weighted by Crippen LogP contribution is -2.33. The van der Waals surface area contributed by atoms with Gasteiger partial charge in [-0.25, -0.2) is 4.79 Å². The Hall–Kier alpha value is -1.58. The van der Waals surface area contributed by atoms with E-state index in [9.17, 15) is 9.59 Å². The normalized spacial score (nSPS) is 9.45. The molecule has 0 radical (unpaired) electrons. The summed E-state index contributed by atoms with van der Waals surface area (Å²) < 4.78 is 1.06. The first-order valence-corrected chi connectivity index (χ1v) is 3.15. The predicted octanol–water partition coefficient (Wildman–Crippen LogP) is -0.277. The third kappa shape index (κ3) is 1.46. The van der Waals surface area contributed by atoms with Crippen molar-refractivity contribution >= 4 is 0 Å². The van der Waals surface area contributed by atoms with Crippen LogP contribution in [0.5, 0.6) is 0 Å². The molecule has 11 heavy (non-hydrogen) atoms. The Balaban J connectivity index is 3.32. The van der Waals surface area contributed by atoms with Gasteiger partial charge in [-0.15, -0.1) is 6.58 Å². The monoisotopic (exact) mass is 152 g/mol. The molecular formula is C7H8N2O2. The Labute approximate surface area is 62.8 Å². The Kier molecular flexibility index (Phi) is 2.06. The molecule has 0 aliphatic carbocycles. The number of nitrogens with zero attached hydrogens (tertiary/aromatic N) is 1. The summed E-state index contributed by atoms with van der Waals surface area (Å²) in [4.78, 5) is 24.2. The van der Waals surface area contributed by atoms with E-state index in [4.69, 9.17) is 0 Å². The summed E-state index contributed by atoms with van der Waals surface area (Å²) in [5.41, 5.74) is -0.717. The zero-order valence-electron chi connectivity index (χ0n) is 5.91. The minimum absolute atomic E-state index is 0.245. The van der Waals surface area contributed by atoms with Crippen molar-refractivity contribution in [2.75, 3.05) is 0 Å². The number of allylic oxidation sites excluding steroid dienone is 1. The Morgan fingerprint density at radius 1 is 1.64 bits per heavy atom. The van der Waals surface area contributed by atoms with Gasteiger partial charge in [0.1, 0.15) is 0 Å². The van der Waals surface area contributed by atoms with E-state index in [0.29, 0.717) is 0 Å². The number of hydrogen-bond acceptors (Lipinski definition) is 2. The molecule has 4 nitrogen and oxygen atoms in total. The lowest BCUT2D eigenvalue weighted by Gasteiger charge is -1.96. The van der Waals surface area contributed by atoms with Crippen molar-refractivity contribution in [1.82, 2.24) is 9.55 Å². The maximum absolute atomic E-state index is 10.9. The lowest BCUT2D eigenvalue weighted by atomic mass is 10.5. The highest BCUT2D eigenvalue weighted by Gasteiger charge is 1.94. The van der Waals surface area contributed by atoms with Crippen molar-refractivity contribution in [1.29, 1.82) is 0 Å². The molecule has 0 amide bonds. The topological polar surface area (TPSA) is 54.9 Å². The SMILES string of the molecule is C=CCn1c(=O)cc[nH]c1=O. The summed E-state index contributed by atoms with van der Waals surface area (Å²) in [6, 6.07) is 1.30. The van der Waals surface area contributed by atoms with E-state index in [1.54, 1.807) is 0 Å². The van der Waals surface area contributed by atoms with Crippen LogP contribution in [0.15, 0.2) is 34.5 Å². The van der Waals surface area contributed by atoms with Crippen LogP contribution < -0.4 is 11.2 Å². The fraction of sp³-hybridized carbons (Fsp3) is 0.143. The molecule has 0 aliphatic heterocycles. The van der Waals surface area contributed by atoms with Crippen LogP contribution >= 0.6 is 0 Å². The maximum Gasteiger partial charge on any atom is 0.328 e. The van der Waals surface area contributed by atoms with Crippen LogP contribution in [0.25, 0.3) is 0 Å².